The van der Waals surface area contributed by atoms with Crippen LogP contribution in [0.2, 0.25) is 0 Å². The Bertz CT molecular complexity index is 819. The van der Waals surface area contributed by atoms with Gasteiger partial charge in [0.05, 0.1) is 29.9 Å². The number of anilines is 1. The molecule has 0 spiro atoms. The number of aliphatic hydroxyl groups is 1. The van der Waals surface area contributed by atoms with Crippen LogP contribution in [0.15, 0.2) is 18.6 Å². The van der Waals surface area contributed by atoms with Crippen LogP contribution in [0.4, 0.5) is 5.82 Å². The summed E-state index contributed by atoms with van der Waals surface area (Å²) in [5, 5.41) is 18.0. The lowest BCUT2D eigenvalue weighted by molar-refractivity contribution is 0.249. The van der Waals surface area contributed by atoms with Crippen LogP contribution in [0.1, 0.15) is 19.5 Å². The van der Waals surface area contributed by atoms with E-state index in [2.05, 4.69) is 39.2 Å². The molecule has 23 heavy (non-hydrogen) atoms. The number of aliphatic hydroxyl groups excluding tert-OH is 1. The Morgan fingerprint density at radius 2 is 2.13 bits per heavy atom. The molecule has 0 aromatic carbocycles. The number of nitrogens with one attached hydrogen (secondary N) is 2. The van der Waals surface area contributed by atoms with Crippen LogP contribution in [-0.2, 0) is 7.05 Å². The fourth-order valence-electron chi connectivity index (χ4n) is 2.56. The predicted octanol–water partition coefficient (Wildman–Crippen LogP) is 2.10. The average molecular weight is 314 g/mol. The zero-order valence-electron chi connectivity index (χ0n) is 13.8. The molecular weight excluding hydrogens is 292 g/mol. The number of rotatable bonds is 5. The Labute approximate surface area is 134 Å². The second kappa shape index (κ2) is 6.00. The van der Waals surface area contributed by atoms with Gasteiger partial charge in [-0.05, 0) is 18.9 Å². The molecule has 0 bridgehead atoms. The summed E-state index contributed by atoms with van der Waals surface area (Å²) < 4.78 is 1.84. The third-order valence-electron chi connectivity index (χ3n) is 4.27. The number of hydrogen-bond acceptors (Lipinski definition) is 5. The summed E-state index contributed by atoms with van der Waals surface area (Å²) in [7, 11) is 1.92. The van der Waals surface area contributed by atoms with Gasteiger partial charge in [0.25, 0.3) is 0 Å². The topological polar surface area (TPSA) is 91.7 Å². The molecule has 3 aromatic rings. The van der Waals surface area contributed by atoms with E-state index in [1.165, 1.54) is 6.33 Å². The standard InChI is InChI=1S/C16H22N6O/c1-9(2)14(7-23)21-16-11-5-13(20-15(11)17-8-18-16)12-6-19-22(4)10(12)3/h5-6,8-9,14,23H,7H2,1-4H3,(H2,17,18,20,21). The van der Waals surface area contributed by atoms with Crippen molar-refractivity contribution in [1.82, 2.24) is 24.7 Å². The second-order valence-corrected chi connectivity index (χ2v) is 6.11. The van der Waals surface area contributed by atoms with Gasteiger partial charge in [-0.15, -0.1) is 0 Å². The highest BCUT2D eigenvalue weighted by atomic mass is 16.3. The van der Waals surface area contributed by atoms with E-state index in [0.29, 0.717) is 5.92 Å². The van der Waals surface area contributed by atoms with Crippen molar-refractivity contribution in [3.8, 4) is 11.3 Å². The zero-order chi connectivity index (χ0) is 16.6. The smallest absolute Gasteiger partial charge is 0.143 e. The number of fused-ring (bicyclic) bond motifs is 1. The van der Waals surface area contributed by atoms with Crippen molar-refractivity contribution in [3.05, 3.63) is 24.3 Å². The van der Waals surface area contributed by atoms with E-state index in [4.69, 9.17) is 0 Å². The number of aromatic nitrogens is 5. The van der Waals surface area contributed by atoms with Crippen molar-refractivity contribution >= 4 is 16.9 Å². The molecule has 0 amide bonds. The van der Waals surface area contributed by atoms with Gasteiger partial charge in [0.2, 0.25) is 0 Å². The van der Waals surface area contributed by atoms with Crippen LogP contribution >= 0.6 is 0 Å². The van der Waals surface area contributed by atoms with Gasteiger partial charge < -0.3 is 15.4 Å². The summed E-state index contributed by atoms with van der Waals surface area (Å²) in [4.78, 5) is 12.0. The molecule has 1 atom stereocenters. The largest absolute Gasteiger partial charge is 0.394 e. The lowest BCUT2D eigenvalue weighted by Crippen LogP contribution is -2.29. The molecule has 3 heterocycles. The van der Waals surface area contributed by atoms with Crippen LogP contribution in [0, 0.1) is 12.8 Å². The second-order valence-electron chi connectivity index (χ2n) is 6.11. The molecule has 3 N–H and O–H groups in total. The molecule has 0 aliphatic rings. The Balaban J connectivity index is 2.03. The Kier molecular flexibility index (Phi) is 4.04. The average Bonchev–Trinajstić information content (AvgIpc) is 3.09. The zero-order valence-corrected chi connectivity index (χ0v) is 13.8. The van der Waals surface area contributed by atoms with Gasteiger partial charge in [0, 0.05) is 18.3 Å². The first-order chi connectivity index (χ1) is 11.0. The van der Waals surface area contributed by atoms with Crippen LogP contribution in [0.3, 0.4) is 0 Å². The summed E-state index contributed by atoms with van der Waals surface area (Å²) in [6.07, 6.45) is 3.36. The number of aryl methyl sites for hydroxylation is 1. The van der Waals surface area contributed by atoms with Gasteiger partial charge in [-0.1, -0.05) is 13.8 Å². The summed E-state index contributed by atoms with van der Waals surface area (Å²) >= 11 is 0. The number of hydrogen-bond donors (Lipinski definition) is 3. The third-order valence-corrected chi connectivity index (χ3v) is 4.27. The summed E-state index contributed by atoms with van der Waals surface area (Å²) in [5.74, 6) is 1.02. The minimum Gasteiger partial charge on any atom is -0.394 e. The van der Waals surface area contributed by atoms with Gasteiger partial charge in [-0.2, -0.15) is 5.10 Å². The maximum atomic E-state index is 9.53. The molecule has 0 saturated carbocycles. The van der Waals surface area contributed by atoms with E-state index >= 15 is 0 Å². The maximum absolute atomic E-state index is 9.53. The quantitative estimate of drug-likeness (QED) is 0.671. The number of aromatic amines is 1. The number of nitrogens with zero attached hydrogens (tertiary/aromatic N) is 4. The molecule has 0 radical (unpaired) electrons. The van der Waals surface area contributed by atoms with Crippen molar-refractivity contribution in [2.75, 3.05) is 11.9 Å². The molecule has 0 aliphatic heterocycles. The minimum absolute atomic E-state index is 0.0495. The summed E-state index contributed by atoms with van der Waals surface area (Å²) in [5.41, 5.74) is 3.84. The summed E-state index contributed by atoms with van der Waals surface area (Å²) in [6, 6.07) is 1.97. The van der Waals surface area contributed by atoms with Crippen molar-refractivity contribution in [2.24, 2.45) is 13.0 Å². The van der Waals surface area contributed by atoms with Gasteiger partial charge in [0.1, 0.15) is 17.8 Å². The first-order valence-corrected chi connectivity index (χ1v) is 7.71. The Morgan fingerprint density at radius 1 is 1.35 bits per heavy atom. The molecule has 7 heteroatoms. The maximum Gasteiger partial charge on any atom is 0.143 e. The Morgan fingerprint density at radius 3 is 2.74 bits per heavy atom. The fourth-order valence-corrected chi connectivity index (χ4v) is 2.56. The van der Waals surface area contributed by atoms with Crippen molar-refractivity contribution in [2.45, 2.75) is 26.8 Å². The number of H-pyrrole nitrogens is 1. The highest BCUT2D eigenvalue weighted by Crippen LogP contribution is 2.28. The minimum atomic E-state index is -0.0495. The van der Waals surface area contributed by atoms with Crippen molar-refractivity contribution in [3.63, 3.8) is 0 Å². The molecule has 0 saturated heterocycles. The first kappa shape index (κ1) is 15.5. The van der Waals surface area contributed by atoms with E-state index in [-0.39, 0.29) is 12.6 Å². The lowest BCUT2D eigenvalue weighted by atomic mass is 10.1. The molecule has 7 nitrogen and oxygen atoms in total. The van der Waals surface area contributed by atoms with Crippen molar-refractivity contribution < 1.29 is 5.11 Å². The molecule has 122 valence electrons. The summed E-state index contributed by atoms with van der Waals surface area (Å²) in [6.45, 7) is 6.21. The van der Waals surface area contributed by atoms with Crippen LogP contribution < -0.4 is 5.32 Å². The van der Waals surface area contributed by atoms with Crippen LogP contribution in [0.5, 0.6) is 0 Å². The third kappa shape index (κ3) is 2.79. The van der Waals surface area contributed by atoms with E-state index in [9.17, 15) is 5.11 Å². The highest BCUT2D eigenvalue weighted by molar-refractivity contribution is 5.91. The molecule has 3 rings (SSSR count). The molecule has 0 fully saturated rings. The molecular formula is C16H22N6O. The van der Waals surface area contributed by atoms with Gasteiger partial charge >= 0.3 is 0 Å². The molecule has 3 aromatic heterocycles. The fraction of sp³-hybridized carbons (Fsp3) is 0.438. The van der Waals surface area contributed by atoms with Crippen molar-refractivity contribution in [1.29, 1.82) is 0 Å². The first-order valence-electron chi connectivity index (χ1n) is 7.71. The highest BCUT2D eigenvalue weighted by Gasteiger charge is 2.17. The van der Waals surface area contributed by atoms with Crippen LogP contribution in [-0.4, -0.2) is 42.5 Å². The normalized spacial score (nSPS) is 13.0. The van der Waals surface area contributed by atoms with E-state index in [1.807, 2.05) is 30.9 Å². The Hall–Kier alpha value is -2.41. The van der Waals surface area contributed by atoms with Gasteiger partial charge in [-0.25, -0.2) is 9.97 Å². The molecule has 0 aliphatic carbocycles. The van der Waals surface area contributed by atoms with Gasteiger partial charge in [0.15, 0.2) is 0 Å². The van der Waals surface area contributed by atoms with E-state index in [0.717, 1.165) is 33.8 Å². The van der Waals surface area contributed by atoms with E-state index < -0.39 is 0 Å². The van der Waals surface area contributed by atoms with E-state index in [1.54, 1.807) is 0 Å². The molecule has 1 unspecified atom stereocenters. The SMILES string of the molecule is Cc1c(-c2cc3c(NC(CO)C(C)C)ncnc3[nH]2)cnn1C. The lowest BCUT2D eigenvalue weighted by Gasteiger charge is -2.20. The van der Waals surface area contributed by atoms with Crippen LogP contribution in [0.25, 0.3) is 22.3 Å². The monoisotopic (exact) mass is 314 g/mol. The van der Waals surface area contributed by atoms with Gasteiger partial charge in [-0.3, -0.25) is 4.68 Å². The predicted molar refractivity (Wildman–Crippen MR) is 90.2 cm³/mol.